The monoisotopic (exact) mass is 394 g/mol. The van der Waals surface area contributed by atoms with Gasteiger partial charge < -0.3 is 0 Å². The molecule has 0 amide bonds. The van der Waals surface area contributed by atoms with Crippen LogP contribution in [0, 0.1) is 9.39 Å². The summed E-state index contributed by atoms with van der Waals surface area (Å²) in [6.45, 7) is 0. The number of hydrogen-bond acceptors (Lipinski definition) is 1. The average Bonchev–Trinajstić information content (AvgIpc) is 2.37. The maximum atomic E-state index is 13.2. The van der Waals surface area contributed by atoms with Crippen LogP contribution < -0.4 is 0 Å². The molecule has 0 N–H and O–H groups in total. The molecule has 0 saturated heterocycles. The Morgan fingerprint density at radius 1 is 1.00 bits per heavy atom. The second-order valence-electron chi connectivity index (χ2n) is 4.03. The van der Waals surface area contributed by atoms with Gasteiger partial charge in [0.25, 0.3) is 0 Å². The van der Waals surface area contributed by atoms with E-state index in [4.69, 9.17) is 0 Å². The Balaban J connectivity index is 2.46. The van der Waals surface area contributed by atoms with Gasteiger partial charge in [-0.05, 0) is 52.9 Å². The summed E-state index contributed by atoms with van der Waals surface area (Å²) in [6.07, 6.45) is -4.83. The molecule has 2 aromatic rings. The summed E-state index contributed by atoms with van der Waals surface area (Å²) in [4.78, 5) is 12.1. The van der Waals surface area contributed by atoms with Crippen LogP contribution in [0.1, 0.15) is 21.5 Å². The van der Waals surface area contributed by atoms with Gasteiger partial charge in [0.2, 0.25) is 0 Å². The Labute approximate surface area is 125 Å². The maximum Gasteiger partial charge on any atom is 0.419 e. The SMILES string of the molecule is O=C(c1cccc(I)c1)c1ccc(F)c(C(F)(F)F)c1. The first-order chi connectivity index (χ1) is 9.29. The number of carbonyl (C=O) groups excluding carboxylic acids is 1. The molecule has 0 heterocycles. The molecule has 0 fully saturated rings. The highest BCUT2D eigenvalue weighted by molar-refractivity contribution is 14.1. The van der Waals surface area contributed by atoms with Crippen molar-refractivity contribution in [1.82, 2.24) is 0 Å². The van der Waals surface area contributed by atoms with E-state index in [-0.39, 0.29) is 11.1 Å². The summed E-state index contributed by atoms with van der Waals surface area (Å²) in [5.74, 6) is -1.97. The summed E-state index contributed by atoms with van der Waals surface area (Å²) in [5, 5.41) is 0. The van der Waals surface area contributed by atoms with Crippen LogP contribution in [-0.2, 0) is 6.18 Å². The fraction of sp³-hybridized carbons (Fsp3) is 0.0714. The Bertz CT molecular complexity index is 664. The first-order valence-electron chi connectivity index (χ1n) is 5.46. The van der Waals surface area contributed by atoms with Gasteiger partial charge in [-0.3, -0.25) is 4.79 Å². The Hall–Kier alpha value is -1.44. The predicted molar refractivity (Wildman–Crippen MR) is 74.0 cm³/mol. The molecule has 0 bridgehead atoms. The van der Waals surface area contributed by atoms with Gasteiger partial charge in [-0.25, -0.2) is 4.39 Å². The number of ketones is 1. The van der Waals surface area contributed by atoms with Crippen molar-refractivity contribution < 1.29 is 22.4 Å². The van der Waals surface area contributed by atoms with Crippen LogP contribution in [0.15, 0.2) is 42.5 Å². The molecule has 0 spiro atoms. The van der Waals surface area contributed by atoms with Crippen molar-refractivity contribution in [2.24, 2.45) is 0 Å². The topological polar surface area (TPSA) is 17.1 Å². The Morgan fingerprint density at radius 2 is 1.65 bits per heavy atom. The Kier molecular flexibility index (Phi) is 4.12. The van der Waals surface area contributed by atoms with Crippen molar-refractivity contribution in [3.05, 3.63) is 68.5 Å². The molecule has 0 aliphatic carbocycles. The second kappa shape index (κ2) is 5.51. The lowest BCUT2D eigenvalue weighted by Gasteiger charge is -2.09. The second-order valence-corrected chi connectivity index (χ2v) is 5.28. The smallest absolute Gasteiger partial charge is 0.289 e. The van der Waals surface area contributed by atoms with Crippen LogP contribution in [0.3, 0.4) is 0 Å². The third kappa shape index (κ3) is 3.17. The molecule has 6 heteroatoms. The summed E-state index contributed by atoms with van der Waals surface area (Å²) >= 11 is 1.99. The van der Waals surface area contributed by atoms with Crippen LogP contribution >= 0.6 is 22.6 Å². The number of rotatable bonds is 2. The van der Waals surface area contributed by atoms with Crippen LogP contribution in [0.4, 0.5) is 17.6 Å². The number of halogens is 5. The molecule has 0 atom stereocenters. The lowest BCUT2D eigenvalue weighted by atomic mass is 10.0. The average molecular weight is 394 g/mol. The zero-order chi connectivity index (χ0) is 14.9. The van der Waals surface area contributed by atoms with Crippen LogP contribution in [-0.4, -0.2) is 5.78 Å². The summed E-state index contributed by atoms with van der Waals surface area (Å²) in [5.41, 5.74) is -1.37. The minimum atomic E-state index is -4.83. The van der Waals surface area contributed by atoms with Crippen LogP contribution in [0.25, 0.3) is 0 Å². The molecule has 0 radical (unpaired) electrons. The van der Waals surface area contributed by atoms with Crippen LogP contribution in [0.5, 0.6) is 0 Å². The molecule has 2 rings (SSSR count). The van der Waals surface area contributed by atoms with Gasteiger partial charge in [0.15, 0.2) is 5.78 Å². The molecular formula is C14H7F4IO. The highest BCUT2D eigenvalue weighted by atomic mass is 127. The summed E-state index contributed by atoms with van der Waals surface area (Å²) < 4.78 is 51.8. The molecule has 104 valence electrons. The van der Waals surface area contributed by atoms with Gasteiger partial charge in [-0.2, -0.15) is 13.2 Å². The highest BCUT2D eigenvalue weighted by Gasteiger charge is 2.34. The largest absolute Gasteiger partial charge is 0.419 e. The van der Waals surface area contributed by atoms with Crippen molar-refractivity contribution in [1.29, 1.82) is 0 Å². The van der Waals surface area contributed by atoms with Crippen LogP contribution in [0.2, 0.25) is 0 Å². The van der Waals surface area contributed by atoms with E-state index in [0.29, 0.717) is 12.1 Å². The molecule has 0 aromatic heterocycles. The molecule has 0 unspecified atom stereocenters. The fourth-order valence-corrected chi connectivity index (χ4v) is 2.22. The molecule has 2 aromatic carbocycles. The first kappa shape index (κ1) is 15.0. The molecule has 0 aliphatic rings. The number of alkyl halides is 3. The van der Waals surface area contributed by atoms with Gasteiger partial charge in [0.1, 0.15) is 5.82 Å². The highest BCUT2D eigenvalue weighted by Crippen LogP contribution is 2.32. The minimum absolute atomic E-state index is 0.194. The van der Waals surface area contributed by atoms with Gasteiger partial charge in [0, 0.05) is 14.7 Å². The zero-order valence-electron chi connectivity index (χ0n) is 9.84. The van der Waals surface area contributed by atoms with E-state index in [1.54, 1.807) is 18.2 Å². The predicted octanol–water partition coefficient (Wildman–Crippen LogP) is 4.68. The van der Waals surface area contributed by atoms with E-state index in [1.165, 1.54) is 6.07 Å². The van der Waals surface area contributed by atoms with E-state index in [1.807, 2.05) is 22.6 Å². The zero-order valence-corrected chi connectivity index (χ0v) is 12.0. The van der Waals surface area contributed by atoms with Crippen molar-refractivity contribution in [3.8, 4) is 0 Å². The standard InChI is InChI=1S/C14H7F4IO/c15-12-5-4-9(7-11(12)14(16,17)18)13(20)8-2-1-3-10(19)6-8/h1-7H. The number of benzene rings is 2. The fourth-order valence-electron chi connectivity index (χ4n) is 1.68. The van der Waals surface area contributed by atoms with E-state index in [9.17, 15) is 22.4 Å². The molecule has 1 nitrogen and oxygen atoms in total. The number of carbonyl (C=O) groups is 1. The lowest BCUT2D eigenvalue weighted by molar-refractivity contribution is -0.140. The van der Waals surface area contributed by atoms with Gasteiger partial charge in [-0.15, -0.1) is 0 Å². The Morgan fingerprint density at radius 3 is 2.25 bits per heavy atom. The van der Waals surface area contributed by atoms with Crippen molar-refractivity contribution in [2.45, 2.75) is 6.18 Å². The third-order valence-electron chi connectivity index (χ3n) is 2.62. The normalized spacial score (nSPS) is 11.4. The van der Waals surface area contributed by atoms with E-state index >= 15 is 0 Å². The summed E-state index contributed by atoms with van der Waals surface area (Å²) in [7, 11) is 0. The van der Waals surface area contributed by atoms with Crippen molar-refractivity contribution in [2.75, 3.05) is 0 Å². The maximum absolute atomic E-state index is 13.2. The quantitative estimate of drug-likeness (QED) is 0.411. The third-order valence-corrected chi connectivity index (χ3v) is 3.29. The van der Waals surface area contributed by atoms with Gasteiger partial charge in [-0.1, -0.05) is 12.1 Å². The van der Waals surface area contributed by atoms with Gasteiger partial charge >= 0.3 is 6.18 Å². The minimum Gasteiger partial charge on any atom is -0.289 e. The molecular weight excluding hydrogens is 387 g/mol. The van der Waals surface area contributed by atoms with E-state index in [0.717, 1.165) is 9.64 Å². The van der Waals surface area contributed by atoms with Crippen molar-refractivity contribution >= 4 is 28.4 Å². The van der Waals surface area contributed by atoms with Gasteiger partial charge in [0.05, 0.1) is 5.56 Å². The van der Waals surface area contributed by atoms with E-state index in [2.05, 4.69) is 0 Å². The molecule has 20 heavy (non-hydrogen) atoms. The molecule has 0 saturated carbocycles. The lowest BCUT2D eigenvalue weighted by Crippen LogP contribution is -2.11. The number of hydrogen-bond donors (Lipinski definition) is 0. The van der Waals surface area contributed by atoms with E-state index < -0.39 is 23.3 Å². The summed E-state index contributed by atoms with van der Waals surface area (Å²) in [6, 6.07) is 8.68. The van der Waals surface area contributed by atoms with Crippen molar-refractivity contribution in [3.63, 3.8) is 0 Å². The molecule has 0 aliphatic heterocycles. The first-order valence-corrected chi connectivity index (χ1v) is 6.54.